The molecule has 1 aromatic heterocycles. The highest BCUT2D eigenvalue weighted by Gasteiger charge is 2.41. The first-order valence-corrected chi connectivity index (χ1v) is 19.5. The average molecular weight is 726 g/mol. The fourth-order valence-corrected chi connectivity index (χ4v) is 8.82. The van der Waals surface area contributed by atoms with Crippen LogP contribution in [0.4, 0.5) is 0 Å². The molecule has 270 valence electrons. The molecule has 3 heterocycles. The predicted octanol–water partition coefficient (Wildman–Crippen LogP) is 10.9. The molecule has 0 atom stereocenters. The quantitative estimate of drug-likeness (QED) is 0.132. The van der Waals surface area contributed by atoms with Gasteiger partial charge in [-0.2, -0.15) is 4.80 Å². The van der Waals surface area contributed by atoms with Crippen LogP contribution in [0.15, 0.2) is 133 Å². The van der Waals surface area contributed by atoms with Gasteiger partial charge in [-0.05, 0) is 119 Å². The van der Waals surface area contributed by atoms with Crippen LogP contribution in [0.1, 0.15) is 52.7 Å². The van der Waals surface area contributed by atoms with Crippen LogP contribution in [0.25, 0.3) is 60.2 Å². The largest absolute Gasteiger partial charge is 0.458 e. The van der Waals surface area contributed by atoms with E-state index in [1.54, 1.807) is 4.80 Å². The number of aromatic nitrogens is 3. The van der Waals surface area contributed by atoms with Gasteiger partial charge in [0.1, 0.15) is 34.0 Å². The van der Waals surface area contributed by atoms with Crippen LogP contribution < -0.4 is 25.9 Å². The van der Waals surface area contributed by atoms with Gasteiger partial charge in [0.05, 0.1) is 5.69 Å². The van der Waals surface area contributed by atoms with E-state index in [0.717, 1.165) is 72.8 Å². The second kappa shape index (κ2) is 11.6. The molecule has 0 saturated carbocycles. The summed E-state index contributed by atoms with van der Waals surface area (Å²) in [5.41, 5.74) is 10.4. The van der Waals surface area contributed by atoms with E-state index in [-0.39, 0.29) is 17.5 Å². The SMILES string of the molecule is CC(C)(C)c1ccc(-n2nc3cc4c(cc3n2)B2c3ccc(-c5ccc6c7ccccc7c7ccccc7c6c5)cc3Oc3cc(C(C)(C)C)cc(c32)O4)cc1. The number of hydrogen-bond acceptors (Lipinski definition) is 4. The van der Waals surface area contributed by atoms with Gasteiger partial charge in [-0.25, -0.2) is 0 Å². The Balaban J connectivity index is 1.06. The summed E-state index contributed by atoms with van der Waals surface area (Å²) >= 11 is 0. The third-order valence-corrected chi connectivity index (χ3v) is 11.9. The van der Waals surface area contributed by atoms with Crippen LogP contribution in [0, 0.1) is 0 Å². The molecule has 0 N–H and O–H groups in total. The van der Waals surface area contributed by atoms with E-state index in [1.165, 1.54) is 37.9 Å². The Kier molecular flexibility index (Phi) is 6.81. The zero-order valence-electron chi connectivity index (χ0n) is 32.4. The molecule has 0 saturated heterocycles. The topological polar surface area (TPSA) is 49.2 Å². The molecule has 0 unspecified atom stereocenters. The first-order valence-electron chi connectivity index (χ1n) is 19.5. The Morgan fingerprint density at radius 1 is 0.446 bits per heavy atom. The molecule has 0 spiro atoms. The lowest BCUT2D eigenvalue weighted by atomic mass is 9.34. The smallest absolute Gasteiger partial charge is 0.260 e. The molecule has 9 aromatic rings. The lowest BCUT2D eigenvalue weighted by Crippen LogP contribution is -2.57. The summed E-state index contributed by atoms with van der Waals surface area (Å²) < 4.78 is 13.7. The van der Waals surface area contributed by atoms with E-state index >= 15 is 0 Å². The molecular weight excluding hydrogens is 685 g/mol. The van der Waals surface area contributed by atoms with Gasteiger partial charge in [-0.1, -0.05) is 126 Å². The molecule has 0 aliphatic carbocycles. The maximum absolute atomic E-state index is 6.92. The van der Waals surface area contributed by atoms with Crippen molar-refractivity contribution in [2.75, 3.05) is 0 Å². The molecular formula is C50H40BN3O2. The Morgan fingerprint density at radius 3 is 1.57 bits per heavy atom. The fourth-order valence-electron chi connectivity index (χ4n) is 8.82. The first kappa shape index (κ1) is 33.0. The molecule has 8 aromatic carbocycles. The summed E-state index contributed by atoms with van der Waals surface area (Å²) in [6, 6.07) is 48.2. The molecule has 6 heteroatoms. The molecule has 2 aliphatic heterocycles. The summed E-state index contributed by atoms with van der Waals surface area (Å²) in [7, 11) is 0. The maximum atomic E-state index is 6.92. The number of hydrogen-bond donors (Lipinski definition) is 0. The summed E-state index contributed by atoms with van der Waals surface area (Å²) in [5, 5.41) is 17.5. The van der Waals surface area contributed by atoms with Gasteiger partial charge in [0.2, 0.25) is 0 Å². The van der Waals surface area contributed by atoms with E-state index in [0.29, 0.717) is 0 Å². The standard InChI is InChI=1S/C50H40BN3O2/c1-49(2,3)31-17-19-33(20-18-31)54-52-42-27-41-45(28-43(42)53-54)56-47-26-32(50(4,5)6)25-46-48(47)51(41)40-22-16-30(24-44(40)55-46)29-15-21-38-36-13-8-7-11-34(36)35-12-9-10-14-37(35)39(38)23-29/h7-28H,1-6H3. The van der Waals surface area contributed by atoms with E-state index in [2.05, 4.69) is 175 Å². The molecule has 0 radical (unpaired) electrons. The van der Waals surface area contributed by atoms with E-state index in [9.17, 15) is 0 Å². The van der Waals surface area contributed by atoms with Gasteiger partial charge in [-0.3, -0.25) is 0 Å². The van der Waals surface area contributed by atoms with Crippen LogP contribution in [0.5, 0.6) is 23.0 Å². The van der Waals surface area contributed by atoms with Crippen molar-refractivity contribution in [3.8, 4) is 39.8 Å². The van der Waals surface area contributed by atoms with Gasteiger partial charge < -0.3 is 9.47 Å². The molecule has 11 rings (SSSR count). The lowest BCUT2D eigenvalue weighted by Gasteiger charge is -2.34. The summed E-state index contributed by atoms with van der Waals surface area (Å²) in [6.45, 7) is 13.3. The van der Waals surface area contributed by atoms with Crippen LogP contribution in [0.3, 0.4) is 0 Å². The van der Waals surface area contributed by atoms with Gasteiger partial charge >= 0.3 is 0 Å². The molecule has 0 bridgehead atoms. The second-order valence-corrected chi connectivity index (χ2v) is 17.5. The number of ether oxygens (including phenoxy) is 2. The Morgan fingerprint density at radius 2 is 0.964 bits per heavy atom. The summed E-state index contributed by atoms with van der Waals surface area (Å²) in [4.78, 5) is 1.73. The molecule has 56 heavy (non-hydrogen) atoms. The molecule has 2 aliphatic rings. The number of nitrogens with zero attached hydrogens (tertiary/aromatic N) is 3. The van der Waals surface area contributed by atoms with Crippen molar-refractivity contribution in [3.63, 3.8) is 0 Å². The van der Waals surface area contributed by atoms with Crippen LogP contribution in [0.2, 0.25) is 0 Å². The second-order valence-electron chi connectivity index (χ2n) is 17.5. The zero-order valence-corrected chi connectivity index (χ0v) is 32.4. The van der Waals surface area contributed by atoms with Crippen LogP contribution in [-0.2, 0) is 10.8 Å². The van der Waals surface area contributed by atoms with Crippen molar-refractivity contribution in [2.24, 2.45) is 0 Å². The highest BCUT2D eigenvalue weighted by molar-refractivity contribution is 6.98. The Bertz CT molecular complexity index is 3080. The minimum atomic E-state index is -0.108. The normalized spacial score (nSPS) is 13.4. The first-order chi connectivity index (χ1) is 27.0. The molecule has 5 nitrogen and oxygen atoms in total. The minimum absolute atomic E-state index is 0.0678. The predicted molar refractivity (Wildman–Crippen MR) is 232 cm³/mol. The van der Waals surface area contributed by atoms with Crippen molar-refractivity contribution in [1.29, 1.82) is 0 Å². The summed E-state index contributed by atoms with van der Waals surface area (Å²) in [6.07, 6.45) is 0. The molecule has 0 amide bonds. The number of benzene rings is 8. The Hall–Kier alpha value is -6.40. The summed E-state index contributed by atoms with van der Waals surface area (Å²) in [5.74, 6) is 3.33. The van der Waals surface area contributed by atoms with E-state index in [1.807, 2.05) is 0 Å². The van der Waals surface area contributed by atoms with Gasteiger partial charge in [0.15, 0.2) is 0 Å². The average Bonchev–Trinajstić information content (AvgIpc) is 3.62. The van der Waals surface area contributed by atoms with Crippen molar-refractivity contribution >= 4 is 66.5 Å². The van der Waals surface area contributed by atoms with Crippen molar-refractivity contribution in [1.82, 2.24) is 15.0 Å². The van der Waals surface area contributed by atoms with Gasteiger partial charge in [0.25, 0.3) is 6.71 Å². The molecule has 0 fully saturated rings. The third-order valence-electron chi connectivity index (χ3n) is 11.9. The fraction of sp³-hybridized carbons (Fsp3) is 0.160. The number of rotatable bonds is 2. The van der Waals surface area contributed by atoms with E-state index < -0.39 is 0 Å². The minimum Gasteiger partial charge on any atom is -0.458 e. The monoisotopic (exact) mass is 725 g/mol. The van der Waals surface area contributed by atoms with Crippen LogP contribution in [-0.4, -0.2) is 21.7 Å². The van der Waals surface area contributed by atoms with E-state index in [4.69, 9.17) is 19.7 Å². The lowest BCUT2D eigenvalue weighted by molar-refractivity contribution is 0.459. The highest BCUT2D eigenvalue weighted by Crippen LogP contribution is 2.41. The van der Waals surface area contributed by atoms with Gasteiger partial charge in [0, 0.05) is 11.5 Å². The maximum Gasteiger partial charge on any atom is 0.260 e. The van der Waals surface area contributed by atoms with Crippen molar-refractivity contribution in [3.05, 3.63) is 145 Å². The van der Waals surface area contributed by atoms with Crippen LogP contribution >= 0.6 is 0 Å². The van der Waals surface area contributed by atoms with Crippen molar-refractivity contribution in [2.45, 2.75) is 52.4 Å². The Labute approximate surface area is 326 Å². The number of fused-ring (bicyclic) bond motifs is 11. The third kappa shape index (κ3) is 5.01. The van der Waals surface area contributed by atoms with Crippen molar-refractivity contribution < 1.29 is 9.47 Å². The highest BCUT2D eigenvalue weighted by atomic mass is 16.5. The zero-order chi connectivity index (χ0) is 38.1. The van der Waals surface area contributed by atoms with Gasteiger partial charge in [-0.15, -0.1) is 10.2 Å².